The van der Waals surface area contributed by atoms with E-state index in [-0.39, 0.29) is 0 Å². The van der Waals surface area contributed by atoms with Gasteiger partial charge in [0.2, 0.25) is 0 Å². The molecule has 2 rings (SSSR count). The first kappa shape index (κ1) is 14.9. The maximum absolute atomic E-state index is 11.5. The van der Waals surface area contributed by atoms with E-state index in [9.17, 15) is 9.90 Å². The van der Waals surface area contributed by atoms with E-state index >= 15 is 0 Å². The molecule has 2 aromatic rings. The van der Waals surface area contributed by atoms with Gasteiger partial charge in [-0.05, 0) is 31.2 Å². The van der Waals surface area contributed by atoms with Crippen molar-refractivity contribution in [2.75, 3.05) is 5.32 Å². The van der Waals surface area contributed by atoms with Gasteiger partial charge in [0.05, 0.1) is 0 Å². The fraction of sp³-hybridized carbons (Fsp3) is 0.133. The Morgan fingerprint density at radius 1 is 1.25 bits per heavy atom. The molecule has 0 fully saturated rings. The molecule has 0 amide bonds. The Morgan fingerprint density at radius 2 is 1.90 bits per heavy atom. The first-order valence-electron chi connectivity index (χ1n) is 5.98. The summed E-state index contributed by atoms with van der Waals surface area (Å²) < 4.78 is 0.811. The first-order chi connectivity index (χ1) is 9.47. The molecule has 0 heterocycles. The number of hydrogen-bond acceptors (Lipinski definition) is 2. The summed E-state index contributed by atoms with van der Waals surface area (Å²) in [5.74, 6) is -0.977. The van der Waals surface area contributed by atoms with E-state index in [4.69, 9.17) is 11.6 Å². The lowest BCUT2D eigenvalue weighted by molar-refractivity contribution is -0.138. The van der Waals surface area contributed by atoms with Crippen LogP contribution in [0.5, 0.6) is 0 Å². The van der Waals surface area contributed by atoms with Gasteiger partial charge in [0.25, 0.3) is 0 Å². The van der Waals surface area contributed by atoms with Crippen LogP contribution in [0.4, 0.5) is 5.69 Å². The molecule has 20 heavy (non-hydrogen) atoms. The van der Waals surface area contributed by atoms with Gasteiger partial charge in [0, 0.05) is 20.7 Å². The number of rotatable bonds is 4. The second-order valence-electron chi connectivity index (χ2n) is 4.45. The van der Waals surface area contributed by atoms with Crippen molar-refractivity contribution >= 4 is 39.2 Å². The fourth-order valence-corrected chi connectivity index (χ4v) is 2.61. The molecular weight excluding hydrogens is 342 g/mol. The van der Waals surface area contributed by atoms with Crippen LogP contribution in [0.3, 0.4) is 0 Å². The summed E-state index contributed by atoms with van der Waals surface area (Å²) in [4.78, 5) is 11.5. The van der Waals surface area contributed by atoms with Crippen LogP contribution in [-0.4, -0.2) is 11.1 Å². The molecule has 3 nitrogen and oxygen atoms in total. The van der Waals surface area contributed by atoms with Crippen molar-refractivity contribution in [1.29, 1.82) is 0 Å². The Labute approximate surface area is 130 Å². The quantitative estimate of drug-likeness (QED) is 0.840. The average molecular weight is 355 g/mol. The van der Waals surface area contributed by atoms with Gasteiger partial charge in [-0.1, -0.05) is 51.3 Å². The van der Waals surface area contributed by atoms with Crippen LogP contribution >= 0.6 is 27.5 Å². The minimum absolute atomic E-state index is 0.409. The molecule has 0 radical (unpaired) electrons. The van der Waals surface area contributed by atoms with Crippen LogP contribution in [0.1, 0.15) is 17.2 Å². The molecule has 0 bridgehead atoms. The lowest BCUT2D eigenvalue weighted by Gasteiger charge is -2.17. The summed E-state index contributed by atoms with van der Waals surface area (Å²) >= 11 is 9.43. The van der Waals surface area contributed by atoms with Crippen LogP contribution in [-0.2, 0) is 4.79 Å². The largest absolute Gasteiger partial charge is 0.479 e. The van der Waals surface area contributed by atoms with Crippen molar-refractivity contribution in [1.82, 2.24) is 0 Å². The van der Waals surface area contributed by atoms with E-state index in [1.165, 1.54) is 0 Å². The third kappa shape index (κ3) is 3.52. The summed E-state index contributed by atoms with van der Waals surface area (Å²) in [6.07, 6.45) is 0. The van der Waals surface area contributed by atoms with Gasteiger partial charge in [-0.25, -0.2) is 4.79 Å². The van der Waals surface area contributed by atoms with Crippen molar-refractivity contribution in [3.05, 3.63) is 63.1 Å². The van der Waals surface area contributed by atoms with Crippen molar-refractivity contribution in [2.45, 2.75) is 13.0 Å². The van der Waals surface area contributed by atoms with Crippen molar-refractivity contribution in [3.8, 4) is 0 Å². The standard InChI is InChI=1S/C15H13BrClNO2/c1-9-2-5-11(6-3-9)18-14(15(19)20)12-7-4-10(16)8-13(12)17/h2-8,14,18H,1H3,(H,19,20). The number of aliphatic carboxylic acids is 1. The Bertz CT molecular complexity index is 628. The molecule has 0 saturated heterocycles. The lowest BCUT2D eigenvalue weighted by atomic mass is 10.1. The van der Waals surface area contributed by atoms with Gasteiger partial charge in [-0.3, -0.25) is 0 Å². The number of anilines is 1. The maximum Gasteiger partial charge on any atom is 0.330 e. The maximum atomic E-state index is 11.5. The second kappa shape index (κ2) is 6.29. The molecule has 1 unspecified atom stereocenters. The Hall–Kier alpha value is -1.52. The number of carbonyl (C=O) groups is 1. The SMILES string of the molecule is Cc1ccc(NC(C(=O)O)c2ccc(Br)cc2Cl)cc1. The van der Waals surface area contributed by atoms with Crippen LogP contribution in [0.15, 0.2) is 46.9 Å². The van der Waals surface area contributed by atoms with E-state index in [0.717, 1.165) is 15.7 Å². The molecule has 0 aliphatic carbocycles. The Morgan fingerprint density at radius 3 is 2.45 bits per heavy atom. The van der Waals surface area contributed by atoms with Crippen LogP contribution in [0.25, 0.3) is 0 Å². The van der Waals surface area contributed by atoms with Crippen molar-refractivity contribution in [3.63, 3.8) is 0 Å². The minimum atomic E-state index is -0.977. The number of aryl methyl sites for hydroxylation is 1. The Kier molecular flexibility index (Phi) is 4.68. The van der Waals surface area contributed by atoms with Gasteiger partial charge in [0.15, 0.2) is 6.04 Å². The van der Waals surface area contributed by atoms with Gasteiger partial charge < -0.3 is 10.4 Å². The molecule has 1 atom stereocenters. The molecule has 0 aliphatic heterocycles. The molecule has 104 valence electrons. The topological polar surface area (TPSA) is 49.3 Å². The zero-order valence-corrected chi connectivity index (χ0v) is 13.1. The van der Waals surface area contributed by atoms with E-state index in [2.05, 4.69) is 21.2 Å². The van der Waals surface area contributed by atoms with Gasteiger partial charge in [0.1, 0.15) is 0 Å². The molecule has 0 aliphatic rings. The predicted octanol–water partition coefficient (Wildman–Crippen LogP) is 4.65. The number of nitrogens with one attached hydrogen (secondary N) is 1. The van der Waals surface area contributed by atoms with Crippen molar-refractivity contribution in [2.24, 2.45) is 0 Å². The summed E-state index contributed by atoms with van der Waals surface area (Å²) in [6, 6.07) is 11.8. The van der Waals surface area contributed by atoms with Crippen LogP contribution < -0.4 is 5.32 Å². The third-order valence-corrected chi connectivity index (χ3v) is 3.70. The second-order valence-corrected chi connectivity index (χ2v) is 5.77. The zero-order valence-electron chi connectivity index (χ0n) is 10.7. The van der Waals surface area contributed by atoms with E-state index in [1.54, 1.807) is 18.2 Å². The highest BCUT2D eigenvalue weighted by molar-refractivity contribution is 9.10. The summed E-state index contributed by atoms with van der Waals surface area (Å²) in [5, 5.41) is 12.8. The first-order valence-corrected chi connectivity index (χ1v) is 7.15. The zero-order chi connectivity index (χ0) is 14.7. The average Bonchev–Trinajstić information content (AvgIpc) is 2.39. The normalized spacial score (nSPS) is 11.9. The van der Waals surface area contributed by atoms with Crippen molar-refractivity contribution < 1.29 is 9.90 Å². The van der Waals surface area contributed by atoms with Gasteiger partial charge in [-0.2, -0.15) is 0 Å². The van der Waals surface area contributed by atoms with Gasteiger partial charge in [-0.15, -0.1) is 0 Å². The van der Waals surface area contributed by atoms with Crippen LogP contribution in [0.2, 0.25) is 5.02 Å². The smallest absolute Gasteiger partial charge is 0.330 e. The molecule has 5 heteroatoms. The van der Waals surface area contributed by atoms with Gasteiger partial charge >= 0.3 is 5.97 Å². The summed E-state index contributed by atoms with van der Waals surface area (Å²) in [6.45, 7) is 1.98. The molecule has 0 aromatic heterocycles. The number of benzene rings is 2. The van der Waals surface area contributed by atoms with E-state index < -0.39 is 12.0 Å². The van der Waals surface area contributed by atoms with E-state index in [1.807, 2.05) is 31.2 Å². The number of carboxylic acids is 1. The summed E-state index contributed by atoms with van der Waals surface area (Å²) in [7, 11) is 0. The monoisotopic (exact) mass is 353 g/mol. The number of halogens is 2. The molecule has 0 spiro atoms. The lowest BCUT2D eigenvalue weighted by Crippen LogP contribution is -2.20. The fourth-order valence-electron chi connectivity index (χ4n) is 1.82. The molecule has 0 saturated carbocycles. The highest BCUT2D eigenvalue weighted by Crippen LogP contribution is 2.29. The highest BCUT2D eigenvalue weighted by Gasteiger charge is 2.22. The molecular formula is C15H13BrClNO2. The highest BCUT2D eigenvalue weighted by atomic mass is 79.9. The third-order valence-electron chi connectivity index (χ3n) is 2.88. The van der Waals surface area contributed by atoms with E-state index in [0.29, 0.717) is 10.6 Å². The molecule has 2 N–H and O–H groups in total. The predicted molar refractivity (Wildman–Crippen MR) is 84.3 cm³/mol. The Balaban J connectivity index is 2.31. The number of hydrogen-bond donors (Lipinski definition) is 2. The number of carboxylic acid groups (broad SMARTS) is 1. The van der Waals surface area contributed by atoms with Crippen LogP contribution in [0, 0.1) is 6.92 Å². The minimum Gasteiger partial charge on any atom is -0.479 e. The summed E-state index contributed by atoms with van der Waals surface area (Å²) in [5.41, 5.74) is 2.38. The molecule has 2 aromatic carbocycles.